The molecule has 4 rings (SSSR count). The Morgan fingerprint density at radius 1 is 0.260 bits per heavy atom. The largest absolute Gasteiger partial charge is 0.116 e. The maximum atomic E-state index is 2.58. The van der Waals surface area contributed by atoms with Crippen LogP contribution in [0.2, 0.25) is 0 Å². The van der Waals surface area contributed by atoms with Crippen LogP contribution in [0.15, 0.2) is 0 Å². The molecule has 4 aliphatic rings. The summed E-state index contributed by atoms with van der Waals surface area (Å²) in [5.41, 5.74) is 0. The lowest BCUT2D eigenvalue weighted by molar-refractivity contribution is 0.410. The summed E-state index contributed by atoms with van der Waals surface area (Å²) < 4.78 is 1.23. The Morgan fingerprint density at radius 2 is 0.440 bits per heavy atom. The Kier molecular flexibility index (Phi) is 22.9. The summed E-state index contributed by atoms with van der Waals surface area (Å²) in [6, 6.07) is 0. The van der Waals surface area contributed by atoms with E-state index in [-0.39, 0.29) is 0 Å². The van der Waals surface area contributed by atoms with Crippen molar-refractivity contribution in [2.24, 2.45) is 23.7 Å². The third-order valence-corrected chi connectivity index (χ3v) is 25.7. The molecule has 4 saturated heterocycles. The minimum absolute atomic E-state index is 0.308. The topological polar surface area (TPSA) is 0 Å². The molecule has 0 radical (unpaired) electrons. The van der Waals surface area contributed by atoms with Crippen molar-refractivity contribution in [3.05, 3.63) is 0 Å². The summed E-state index contributed by atoms with van der Waals surface area (Å²) in [5, 5.41) is 0. The highest BCUT2D eigenvalue weighted by molar-refractivity contribution is 8.64. The molecule has 0 aromatic heterocycles. The van der Waals surface area contributed by atoms with Crippen molar-refractivity contribution in [2.75, 3.05) is 0 Å². The fourth-order valence-electron chi connectivity index (χ4n) is 8.94. The van der Waals surface area contributed by atoms with E-state index in [9.17, 15) is 0 Å². The highest BCUT2D eigenvalue weighted by atomic mass is 32.4. The molecule has 0 saturated carbocycles. The highest BCUT2D eigenvalue weighted by Crippen LogP contribution is 2.93. The van der Waals surface area contributed by atoms with Crippen LogP contribution in [-0.2, 0) is 0 Å². The molecule has 0 aromatic carbocycles. The van der Waals surface area contributed by atoms with Gasteiger partial charge in [0.1, 0.15) is 13.6 Å². The van der Waals surface area contributed by atoms with Crippen LogP contribution < -0.4 is 0 Å². The summed E-state index contributed by atoms with van der Waals surface area (Å²) in [6.07, 6.45) is 39.6. The Bertz CT molecular complexity index is 703. The van der Waals surface area contributed by atoms with Crippen molar-refractivity contribution in [1.29, 1.82) is 0 Å². The van der Waals surface area contributed by atoms with Gasteiger partial charge in [0, 0.05) is 0 Å². The first-order valence-corrected chi connectivity index (χ1v) is 27.4. The lowest BCUT2D eigenvalue weighted by atomic mass is 9.98. The van der Waals surface area contributed by atoms with Crippen LogP contribution in [0.4, 0.5) is 0 Å². The van der Waals surface area contributed by atoms with Crippen LogP contribution >= 0.6 is 70.6 Å². The fourth-order valence-corrected chi connectivity index (χ4v) is 32.0. The molecule has 0 aliphatic carbocycles. The summed E-state index contributed by atoms with van der Waals surface area (Å²) >= 11 is 15.4. The van der Waals surface area contributed by atoms with Gasteiger partial charge in [0.05, 0.1) is 0 Å². The van der Waals surface area contributed by atoms with E-state index in [0.717, 1.165) is 23.7 Å². The Balaban J connectivity index is 2.08. The van der Waals surface area contributed by atoms with Gasteiger partial charge in [-0.05, 0) is 49.4 Å². The van der Waals surface area contributed by atoms with E-state index in [1.54, 1.807) is 0 Å². The van der Waals surface area contributed by atoms with Gasteiger partial charge in [0.25, 0.3) is 0 Å². The third-order valence-electron chi connectivity index (χ3n) is 12.3. The molecule has 4 fully saturated rings. The van der Waals surface area contributed by atoms with Gasteiger partial charge in [-0.15, -0.1) is 70.6 Å². The van der Waals surface area contributed by atoms with Gasteiger partial charge in [0.2, 0.25) is 0 Å². The quantitative estimate of drug-likeness (QED) is 0.0617. The van der Waals surface area contributed by atoms with Gasteiger partial charge < -0.3 is 0 Å². The van der Waals surface area contributed by atoms with E-state index in [1.165, 1.54) is 180 Å². The summed E-state index contributed by atoms with van der Waals surface area (Å²) in [4.78, 5) is 0. The van der Waals surface area contributed by atoms with Crippen LogP contribution in [-0.4, -0.2) is 13.6 Å². The van der Waals surface area contributed by atoms with Gasteiger partial charge in [0.15, 0.2) is 0 Å². The average Bonchev–Trinajstić information content (AvgIpc) is 3.10. The first-order valence-electron chi connectivity index (χ1n) is 22.5. The standard InChI is InChI=1S/C44H84S6/c1-9-17-21-25-29-33-37(13-5)41-45-42(38(14-6)34-30-26-22-18-10-2)48-43(46-41,39(15-7)35-31-27-23-19-11-3)50-44(47-41,49-42)40(16-8)36-32-28-24-20-12-4/h37-40H,9-36H2,1-8H3. The fraction of sp³-hybridized carbons (Fsp3) is 1.00. The van der Waals surface area contributed by atoms with Crippen LogP contribution in [0.1, 0.15) is 235 Å². The van der Waals surface area contributed by atoms with E-state index in [4.69, 9.17) is 0 Å². The number of hydrogen-bond donors (Lipinski definition) is 0. The molecule has 50 heavy (non-hydrogen) atoms. The van der Waals surface area contributed by atoms with E-state index >= 15 is 0 Å². The lowest BCUT2D eigenvalue weighted by Gasteiger charge is -2.72. The number of hydrogen-bond acceptors (Lipinski definition) is 6. The second kappa shape index (κ2) is 24.7. The van der Waals surface area contributed by atoms with Crippen molar-refractivity contribution in [2.45, 2.75) is 249 Å². The molecule has 4 heterocycles. The van der Waals surface area contributed by atoms with Gasteiger partial charge in [-0.25, -0.2) is 0 Å². The minimum Gasteiger partial charge on any atom is -0.104 e. The molecule has 0 aromatic rings. The molecule has 4 unspecified atom stereocenters. The van der Waals surface area contributed by atoms with E-state index in [0.29, 0.717) is 13.6 Å². The van der Waals surface area contributed by atoms with Crippen LogP contribution in [0.5, 0.6) is 0 Å². The van der Waals surface area contributed by atoms with E-state index < -0.39 is 0 Å². The first-order chi connectivity index (χ1) is 24.3. The molecule has 0 N–H and O–H groups in total. The molecule has 4 atom stereocenters. The van der Waals surface area contributed by atoms with Crippen molar-refractivity contribution in [3.63, 3.8) is 0 Å². The van der Waals surface area contributed by atoms with Gasteiger partial charge >= 0.3 is 0 Å². The van der Waals surface area contributed by atoms with Crippen LogP contribution in [0.25, 0.3) is 0 Å². The SMILES string of the molecule is CCCCCCCC(CC)C12SC3(C(CC)CCCCCCC)SC(C(CC)CCCCCCC)(S1)SC(C(CC)CCCCCCC)(S2)S3. The predicted molar refractivity (Wildman–Crippen MR) is 245 cm³/mol. The highest BCUT2D eigenvalue weighted by Gasteiger charge is 2.76. The van der Waals surface area contributed by atoms with Gasteiger partial charge in [-0.1, -0.05) is 209 Å². The zero-order chi connectivity index (χ0) is 36.4. The summed E-state index contributed by atoms with van der Waals surface area (Å²) in [7, 11) is 0. The Labute approximate surface area is 340 Å². The lowest BCUT2D eigenvalue weighted by Crippen LogP contribution is -2.61. The van der Waals surface area contributed by atoms with Crippen LogP contribution in [0, 0.1) is 23.7 Å². The Morgan fingerprint density at radius 3 is 0.600 bits per heavy atom. The maximum absolute atomic E-state index is 2.58. The number of unbranched alkanes of at least 4 members (excludes halogenated alkanes) is 16. The molecule has 4 aliphatic heterocycles. The summed E-state index contributed by atoms with van der Waals surface area (Å²) in [5.74, 6) is 3.26. The number of thioether (sulfide) groups is 6. The monoisotopic (exact) mass is 804 g/mol. The molecule has 296 valence electrons. The summed E-state index contributed by atoms with van der Waals surface area (Å²) in [6.45, 7) is 19.8. The third kappa shape index (κ3) is 12.6. The first kappa shape index (κ1) is 46.5. The maximum Gasteiger partial charge on any atom is 0.116 e. The molecule has 6 heteroatoms. The molecule has 0 nitrogen and oxygen atoms in total. The predicted octanol–water partition coefficient (Wildman–Crippen LogP) is 18.6. The Hall–Kier alpha value is 2.10. The molecular weight excluding hydrogens is 721 g/mol. The van der Waals surface area contributed by atoms with E-state index in [2.05, 4.69) is 126 Å². The van der Waals surface area contributed by atoms with Crippen molar-refractivity contribution >= 4 is 70.6 Å². The van der Waals surface area contributed by atoms with Crippen molar-refractivity contribution in [3.8, 4) is 0 Å². The minimum atomic E-state index is 0.308. The zero-order valence-corrected chi connectivity index (χ0v) is 39.5. The molecule has 4 bridgehead atoms. The van der Waals surface area contributed by atoms with Crippen molar-refractivity contribution in [1.82, 2.24) is 0 Å². The molecule has 0 spiro atoms. The van der Waals surface area contributed by atoms with Gasteiger partial charge in [-0.2, -0.15) is 0 Å². The van der Waals surface area contributed by atoms with Gasteiger partial charge in [-0.3, -0.25) is 0 Å². The second-order valence-corrected chi connectivity index (χ2v) is 28.3. The van der Waals surface area contributed by atoms with E-state index in [1.807, 2.05) is 0 Å². The second-order valence-electron chi connectivity index (χ2n) is 16.3. The van der Waals surface area contributed by atoms with Crippen LogP contribution in [0.3, 0.4) is 0 Å². The van der Waals surface area contributed by atoms with Crippen molar-refractivity contribution < 1.29 is 0 Å². The zero-order valence-electron chi connectivity index (χ0n) is 34.6. The number of rotatable bonds is 32. The normalized spacial score (nSPS) is 29.8. The molecular formula is C44H84S6. The molecule has 0 amide bonds. The smallest absolute Gasteiger partial charge is 0.104 e. The average molecular weight is 806 g/mol.